The molecule has 1 aliphatic carbocycles. The molecule has 1 atom stereocenters. The van der Waals surface area contributed by atoms with Gasteiger partial charge in [-0.3, -0.25) is 0 Å². The fourth-order valence-corrected chi connectivity index (χ4v) is 3.44. The number of aromatic nitrogens is 2. The fraction of sp³-hybridized carbons (Fsp3) is 0.750. The van der Waals surface area contributed by atoms with E-state index in [2.05, 4.69) is 20.2 Å². The van der Waals surface area contributed by atoms with Crippen LogP contribution >= 0.6 is 0 Å². The van der Waals surface area contributed by atoms with Crippen LogP contribution in [0.2, 0.25) is 0 Å². The van der Waals surface area contributed by atoms with Crippen LogP contribution in [0.3, 0.4) is 0 Å². The largest absolute Gasteiger partial charge is 0.396 e. The predicted molar refractivity (Wildman–Crippen MR) is 86.0 cm³/mol. The van der Waals surface area contributed by atoms with Gasteiger partial charge < -0.3 is 20.4 Å². The van der Waals surface area contributed by atoms with Crippen molar-refractivity contribution < 1.29 is 10.2 Å². The van der Waals surface area contributed by atoms with E-state index in [0.29, 0.717) is 0 Å². The molecule has 6 nitrogen and oxygen atoms in total. The van der Waals surface area contributed by atoms with Gasteiger partial charge in [-0.1, -0.05) is 6.42 Å². The molecule has 1 aliphatic heterocycles. The summed E-state index contributed by atoms with van der Waals surface area (Å²) >= 11 is 0. The lowest BCUT2D eigenvalue weighted by Crippen LogP contribution is -2.42. The number of hydrogen-bond acceptors (Lipinski definition) is 6. The van der Waals surface area contributed by atoms with Crippen LogP contribution < -0.4 is 10.2 Å². The second-order valence-electron chi connectivity index (χ2n) is 6.65. The van der Waals surface area contributed by atoms with Crippen molar-refractivity contribution in [3.63, 3.8) is 0 Å². The van der Waals surface area contributed by atoms with E-state index in [1.165, 1.54) is 6.42 Å². The van der Waals surface area contributed by atoms with Crippen molar-refractivity contribution in [1.29, 1.82) is 0 Å². The Morgan fingerprint density at radius 1 is 1.23 bits per heavy atom. The van der Waals surface area contributed by atoms with Crippen molar-refractivity contribution in [2.24, 2.45) is 5.41 Å². The highest BCUT2D eigenvalue weighted by Crippen LogP contribution is 2.40. The minimum Gasteiger partial charge on any atom is -0.396 e. The van der Waals surface area contributed by atoms with Gasteiger partial charge in [0.1, 0.15) is 18.0 Å². The molecule has 0 bridgehead atoms. The Morgan fingerprint density at radius 3 is 2.77 bits per heavy atom. The maximum Gasteiger partial charge on any atom is 0.134 e. The molecule has 2 heterocycles. The lowest BCUT2D eigenvalue weighted by Gasteiger charge is -2.40. The summed E-state index contributed by atoms with van der Waals surface area (Å²) in [7, 11) is 0. The Labute approximate surface area is 131 Å². The molecule has 2 aliphatic rings. The van der Waals surface area contributed by atoms with E-state index in [0.717, 1.165) is 56.8 Å². The molecular formula is C16H26N4O2. The van der Waals surface area contributed by atoms with Gasteiger partial charge in [-0.25, -0.2) is 9.97 Å². The summed E-state index contributed by atoms with van der Waals surface area (Å²) in [4.78, 5) is 10.8. The summed E-state index contributed by atoms with van der Waals surface area (Å²) in [6, 6.07) is 2.12. The Hall–Kier alpha value is -1.40. The normalized spacial score (nSPS) is 23.9. The topological polar surface area (TPSA) is 81.5 Å². The molecule has 22 heavy (non-hydrogen) atoms. The van der Waals surface area contributed by atoms with E-state index in [4.69, 9.17) is 0 Å². The van der Waals surface area contributed by atoms with E-state index < -0.39 is 0 Å². The van der Waals surface area contributed by atoms with Crippen LogP contribution in [-0.2, 0) is 0 Å². The van der Waals surface area contributed by atoms with Crippen LogP contribution in [0.4, 0.5) is 11.6 Å². The Balaban J connectivity index is 1.66. The number of aliphatic hydroxyl groups excluding tert-OH is 2. The summed E-state index contributed by atoms with van der Waals surface area (Å²) < 4.78 is 0. The lowest BCUT2D eigenvalue weighted by molar-refractivity contribution is 0.0576. The number of nitrogens with zero attached hydrogens (tertiary/aromatic N) is 3. The van der Waals surface area contributed by atoms with Crippen LogP contribution in [0.1, 0.15) is 38.5 Å². The molecule has 0 radical (unpaired) electrons. The average molecular weight is 306 g/mol. The lowest BCUT2D eigenvalue weighted by atomic mass is 9.69. The SMILES string of the molecule is OC[C@@H]1CCCCN1c1cc(NCC2(CO)CCC2)ncn1. The van der Waals surface area contributed by atoms with Gasteiger partial charge >= 0.3 is 0 Å². The second-order valence-corrected chi connectivity index (χ2v) is 6.65. The maximum atomic E-state index is 9.55. The molecule has 6 heteroatoms. The van der Waals surface area contributed by atoms with Gasteiger partial charge in [0, 0.05) is 24.6 Å². The fourth-order valence-electron chi connectivity index (χ4n) is 3.44. The molecule has 0 aromatic carbocycles. The van der Waals surface area contributed by atoms with Crippen LogP contribution in [0.25, 0.3) is 0 Å². The molecule has 3 rings (SSSR count). The maximum absolute atomic E-state index is 9.55. The molecule has 1 saturated heterocycles. The molecule has 0 unspecified atom stereocenters. The second kappa shape index (κ2) is 6.79. The molecule has 3 N–H and O–H groups in total. The first-order valence-corrected chi connectivity index (χ1v) is 8.31. The van der Waals surface area contributed by atoms with Gasteiger partial charge in [-0.2, -0.15) is 0 Å². The third kappa shape index (κ3) is 3.17. The molecule has 1 aromatic rings. The van der Waals surface area contributed by atoms with E-state index in [1.807, 2.05) is 6.07 Å². The zero-order valence-electron chi connectivity index (χ0n) is 13.0. The number of piperidine rings is 1. The summed E-state index contributed by atoms with van der Waals surface area (Å²) in [5, 5.41) is 22.4. The van der Waals surface area contributed by atoms with E-state index >= 15 is 0 Å². The van der Waals surface area contributed by atoms with Gasteiger partial charge in [0.2, 0.25) is 0 Å². The highest BCUT2D eigenvalue weighted by Gasteiger charge is 2.36. The predicted octanol–water partition coefficient (Wildman–Crippen LogP) is 1.40. The number of nitrogens with one attached hydrogen (secondary N) is 1. The Morgan fingerprint density at radius 2 is 2.09 bits per heavy atom. The molecular weight excluding hydrogens is 280 g/mol. The average Bonchev–Trinajstić information content (AvgIpc) is 2.54. The van der Waals surface area contributed by atoms with Crippen molar-refractivity contribution in [3.8, 4) is 0 Å². The van der Waals surface area contributed by atoms with Crippen LogP contribution in [-0.4, -0.2) is 52.5 Å². The monoisotopic (exact) mass is 306 g/mol. The van der Waals surface area contributed by atoms with Crippen molar-refractivity contribution >= 4 is 11.6 Å². The zero-order chi connectivity index (χ0) is 15.4. The number of hydrogen-bond donors (Lipinski definition) is 3. The van der Waals surface area contributed by atoms with Gasteiger partial charge in [-0.15, -0.1) is 0 Å². The summed E-state index contributed by atoms with van der Waals surface area (Å²) in [6.07, 6.45) is 8.24. The smallest absolute Gasteiger partial charge is 0.134 e. The minimum atomic E-state index is 0.0316. The Bertz CT molecular complexity index is 487. The highest BCUT2D eigenvalue weighted by molar-refractivity contribution is 5.49. The molecule has 1 saturated carbocycles. The van der Waals surface area contributed by atoms with E-state index in [-0.39, 0.29) is 24.7 Å². The summed E-state index contributed by atoms with van der Waals surface area (Å²) in [6.45, 7) is 2.09. The van der Waals surface area contributed by atoms with Gasteiger partial charge in [0.25, 0.3) is 0 Å². The van der Waals surface area contributed by atoms with Crippen LogP contribution in [0.5, 0.6) is 0 Å². The third-order valence-corrected chi connectivity index (χ3v) is 5.18. The van der Waals surface area contributed by atoms with Crippen LogP contribution in [0.15, 0.2) is 12.4 Å². The van der Waals surface area contributed by atoms with E-state index in [1.54, 1.807) is 6.33 Å². The van der Waals surface area contributed by atoms with Gasteiger partial charge in [0.05, 0.1) is 19.3 Å². The molecule has 122 valence electrons. The molecule has 0 amide bonds. The molecule has 0 spiro atoms. The molecule has 1 aromatic heterocycles. The number of anilines is 2. The third-order valence-electron chi connectivity index (χ3n) is 5.18. The highest BCUT2D eigenvalue weighted by atomic mass is 16.3. The summed E-state index contributed by atoms with van der Waals surface area (Å²) in [5.74, 6) is 1.68. The molecule has 2 fully saturated rings. The van der Waals surface area contributed by atoms with Crippen molar-refractivity contribution in [1.82, 2.24) is 9.97 Å². The Kier molecular flexibility index (Phi) is 4.78. The van der Waals surface area contributed by atoms with Crippen LogP contribution in [0, 0.1) is 5.41 Å². The standard InChI is InChI=1S/C16H26N4O2/c21-9-13-4-1-2-7-20(13)15-8-14(18-12-19-15)17-10-16(11-22)5-3-6-16/h8,12-13,21-22H,1-7,9-11H2,(H,17,18,19)/t13-/m0/s1. The first-order valence-electron chi connectivity index (χ1n) is 8.31. The van der Waals surface area contributed by atoms with Crippen molar-refractivity contribution in [2.45, 2.75) is 44.6 Å². The van der Waals surface area contributed by atoms with Crippen molar-refractivity contribution in [3.05, 3.63) is 12.4 Å². The minimum absolute atomic E-state index is 0.0316. The first-order chi connectivity index (χ1) is 10.8. The van der Waals surface area contributed by atoms with Gasteiger partial charge in [-0.05, 0) is 32.1 Å². The first kappa shape index (κ1) is 15.5. The quantitative estimate of drug-likeness (QED) is 0.737. The van der Waals surface area contributed by atoms with Gasteiger partial charge in [0.15, 0.2) is 0 Å². The summed E-state index contributed by atoms with van der Waals surface area (Å²) in [5.41, 5.74) is 0.0316. The number of aliphatic hydroxyl groups is 2. The zero-order valence-corrected chi connectivity index (χ0v) is 13.0. The number of rotatable bonds is 6. The van der Waals surface area contributed by atoms with E-state index in [9.17, 15) is 10.2 Å². The van der Waals surface area contributed by atoms with Crippen molar-refractivity contribution in [2.75, 3.05) is 36.5 Å².